The van der Waals surface area contributed by atoms with E-state index in [2.05, 4.69) is 18.0 Å². The Morgan fingerprint density at radius 1 is 1.36 bits per heavy atom. The minimum Gasteiger partial charge on any atom is -0.328 e. The van der Waals surface area contributed by atoms with Crippen LogP contribution in [-0.2, 0) is 0 Å². The van der Waals surface area contributed by atoms with Gasteiger partial charge in [-0.05, 0) is 43.2 Å². The van der Waals surface area contributed by atoms with Gasteiger partial charge in [0.25, 0.3) is 0 Å². The quantitative estimate of drug-likeness (QED) is 0.738. The minimum absolute atomic E-state index is 0.397. The van der Waals surface area contributed by atoms with E-state index in [1.807, 2.05) is 12.4 Å². The second-order valence-corrected chi connectivity index (χ2v) is 4.42. The minimum atomic E-state index is 0.397. The van der Waals surface area contributed by atoms with Crippen molar-refractivity contribution >= 4 is 0 Å². The Hall–Kier alpha value is -0.890. The standard InChI is InChI=1S/C12H18N2/c1-9-5-11(8-14-7-9)10-3-2-4-12(13)6-10/h5,7-8,10,12H,2-4,6,13H2,1H3. The zero-order valence-electron chi connectivity index (χ0n) is 8.74. The maximum Gasteiger partial charge on any atom is 0.0302 e. The van der Waals surface area contributed by atoms with Crippen LogP contribution in [0.4, 0.5) is 0 Å². The van der Waals surface area contributed by atoms with Crippen LogP contribution in [-0.4, -0.2) is 11.0 Å². The lowest BCUT2D eigenvalue weighted by Gasteiger charge is -2.26. The van der Waals surface area contributed by atoms with Crippen LogP contribution in [0.1, 0.15) is 42.7 Å². The predicted octanol–water partition coefficient (Wildman–Crippen LogP) is 2.37. The number of rotatable bonds is 1. The predicted molar refractivity (Wildman–Crippen MR) is 58.2 cm³/mol. The van der Waals surface area contributed by atoms with Gasteiger partial charge in [0.05, 0.1) is 0 Å². The van der Waals surface area contributed by atoms with E-state index >= 15 is 0 Å². The molecule has 0 saturated heterocycles. The Morgan fingerprint density at radius 3 is 2.93 bits per heavy atom. The third-order valence-corrected chi connectivity index (χ3v) is 3.08. The topological polar surface area (TPSA) is 38.9 Å². The van der Waals surface area contributed by atoms with Gasteiger partial charge in [-0.1, -0.05) is 12.5 Å². The molecule has 1 aliphatic carbocycles. The van der Waals surface area contributed by atoms with Crippen LogP contribution in [0.3, 0.4) is 0 Å². The summed E-state index contributed by atoms with van der Waals surface area (Å²) in [6.07, 6.45) is 8.77. The summed E-state index contributed by atoms with van der Waals surface area (Å²) >= 11 is 0. The molecular formula is C12H18N2. The molecule has 2 heteroatoms. The van der Waals surface area contributed by atoms with E-state index in [-0.39, 0.29) is 0 Å². The zero-order valence-corrected chi connectivity index (χ0v) is 8.74. The van der Waals surface area contributed by atoms with Gasteiger partial charge in [0.1, 0.15) is 0 Å². The highest BCUT2D eigenvalue weighted by Crippen LogP contribution is 2.31. The molecule has 2 rings (SSSR count). The summed E-state index contributed by atoms with van der Waals surface area (Å²) in [7, 11) is 0. The first-order valence-electron chi connectivity index (χ1n) is 5.43. The monoisotopic (exact) mass is 190 g/mol. The van der Waals surface area contributed by atoms with Gasteiger partial charge in [0.15, 0.2) is 0 Å². The van der Waals surface area contributed by atoms with E-state index < -0.39 is 0 Å². The van der Waals surface area contributed by atoms with Crippen LogP contribution in [0, 0.1) is 6.92 Å². The summed E-state index contributed by atoms with van der Waals surface area (Å²) in [6.45, 7) is 2.10. The smallest absolute Gasteiger partial charge is 0.0302 e. The van der Waals surface area contributed by atoms with E-state index in [4.69, 9.17) is 5.73 Å². The largest absolute Gasteiger partial charge is 0.328 e. The van der Waals surface area contributed by atoms with Crippen LogP contribution in [0.5, 0.6) is 0 Å². The molecule has 1 aliphatic rings. The molecule has 76 valence electrons. The van der Waals surface area contributed by atoms with Gasteiger partial charge in [-0.15, -0.1) is 0 Å². The molecule has 1 heterocycles. The van der Waals surface area contributed by atoms with Crippen molar-refractivity contribution in [3.8, 4) is 0 Å². The normalized spacial score (nSPS) is 27.6. The number of hydrogen-bond acceptors (Lipinski definition) is 2. The Morgan fingerprint density at radius 2 is 2.21 bits per heavy atom. The molecule has 0 bridgehead atoms. The Labute approximate surface area is 85.5 Å². The summed E-state index contributed by atoms with van der Waals surface area (Å²) in [6, 6.07) is 2.64. The molecule has 0 aliphatic heterocycles. The van der Waals surface area contributed by atoms with Gasteiger partial charge in [-0.25, -0.2) is 0 Å². The number of nitrogens with zero attached hydrogens (tertiary/aromatic N) is 1. The van der Waals surface area contributed by atoms with E-state index in [0.717, 1.165) is 6.42 Å². The number of pyridine rings is 1. The fraction of sp³-hybridized carbons (Fsp3) is 0.583. The zero-order chi connectivity index (χ0) is 9.97. The molecule has 0 spiro atoms. The van der Waals surface area contributed by atoms with E-state index in [9.17, 15) is 0 Å². The molecule has 0 amide bonds. The molecule has 2 N–H and O–H groups in total. The van der Waals surface area contributed by atoms with Crippen LogP contribution in [0.2, 0.25) is 0 Å². The molecule has 1 saturated carbocycles. The van der Waals surface area contributed by atoms with Crippen molar-refractivity contribution in [2.24, 2.45) is 5.73 Å². The third kappa shape index (κ3) is 2.13. The third-order valence-electron chi connectivity index (χ3n) is 3.08. The van der Waals surface area contributed by atoms with Gasteiger partial charge in [0.2, 0.25) is 0 Å². The van der Waals surface area contributed by atoms with Gasteiger partial charge in [-0.2, -0.15) is 0 Å². The highest BCUT2D eigenvalue weighted by molar-refractivity contribution is 5.21. The molecule has 14 heavy (non-hydrogen) atoms. The van der Waals surface area contributed by atoms with Crippen molar-refractivity contribution in [3.05, 3.63) is 29.6 Å². The Balaban J connectivity index is 2.14. The Bertz CT molecular complexity index is 309. The first kappa shape index (κ1) is 9.66. The molecule has 2 atom stereocenters. The molecule has 0 radical (unpaired) electrons. The van der Waals surface area contributed by atoms with Crippen molar-refractivity contribution in [2.45, 2.75) is 44.6 Å². The van der Waals surface area contributed by atoms with Crippen molar-refractivity contribution in [2.75, 3.05) is 0 Å². The lowest BCUT2D eigenvalue weighted by atomic mass is 9.82. The SMILES string of the molecule is Cc1cncc(C2CCCC(N)C2)c1. The Kier molecular flexibility index (Phi) is 2.82. The maximum absolute atomic E-state index is 5.98. The van der Waals surface area contributed by atoms with E-state index in [1.165, 1.54) is 30.4 Å². The van der Waals surface area contributed by atoms with Gasteiger partial charge in [0, 0.05) is 18.4 Å². The van der Waals surface area contributed by atoms with Crippen LogP contribution in [0.15, 0.2) is 18.5 Å². The number of nitrogens with two attached hydrogens (primary N) is 1. The van der Waals surface area contributed by atoms with Crippen molar-refractivity contribution in [1.29, 1.82) is 0 Å². The van der Waals surface area contributed by atoms with Crippen LogP contribution in [0.25, 0.3) is 0 Å². The maximum atomic E-state index is 5.98. The summed E-state index contributed by atoms with van der Waals surface area (Å²) in [5.74, 6) is 0.645. The van der Waals surface area contributed by atoms with Crippen LogP contribution >= 0.6 is 0 Å². The van der Waals surface area contributed by atoms with Crippen molar-refractivity contribution in [3.63, 3.8) is 0 Å². The summed E-state index contributed by atoms with van der Waals surface area (Å²) < 4.78 is 0. The van der Waals surface area contributed by atoms with Gasteiger partial charge in [-0.3, -0.25) is 4.98 Å². The van der Waals surface area contributed by atoms with Gasteiger partial charge >= 0.3 is 0 Å². The number of aryl methyl sites for hydroxylation is 1. The molecular weight excluding hydrogens is 172 g/mol. The fourth-order valence-corrected chi connectivity index (χ4v) is 2.33. The number of aromatic nitrogens is 1. The van der Waals surface area contributed by atoms with Crippen molar-refractivity contribution in [1.82, 2.24) is 4.98 Å². The van der Waals surface area contributed by atoms with E-state index in [0.29, 0.717) is 12.0 Å². The second kappa shape index (κ2) is 4.09. The molecule has 1 fully saturated rings. The van der Waals surface area contributed by atoms with Gasteiger partial charge < -0.3 is 5.73 Å². The summed E-state index contributed by atoms with van der Waals surface area (Å²) in [4.78, 5) is 4.24. The highest BCUT2D eigenvalue weighted by atomic mass is 14.6. The van der Waals surface area contributed by atoms with E-state index in [1.54, 1.807) is 0 Å². The first-order valence-corrected chi connectivity index (χ1v) is 5.43. The number of hydrogen-bond donors (Lipinski definition) is 1. The molecule has 1 aromatic rings. The molecule has 0 aromatic carbocycles. The lowest BCUT2D eigenvalue weighted by Crippen LogP contribution is -2.26. The highest BCUT2D eigenvalue weighted by Gasteiger charge is 2.20. The second-order valence-electron chi connectivity index (χ2n) is 4.42. The average molecular weight is 190 g/mol. The average Bonchev–Trinajstić information content (AvgIpc) is 2.18. The van der Waals surface area contributed by atoms with Crippen LogP contribution < -0.4 is 5.73 Å². The first-order chi connectivity index (χ1) is 6.75. The summed E-state index contributed by atoms with van der Waals surface area (Å²) in [5, 5.41) is 0. The molecule has 2 unspecified atom stereocenters. The lowest BCUT2D eigenvalue weighted by molar-refractivity contribution is 0.392. The molecule has 2 nitrogen and oxygen atoms in total. The summed E-state index contributed by atoms with van der Waals surface area (Å²) in [5.41, 5.74) is 8.61. The molecule has 1 aromatic heterocycles. The fourth-order valence-electron chi connectivity index (χ4n) is 2.33. The van der Waals surface area contributed by atoms with Crippen molar-refractivity contribution < 1.29 is 0 Å².